The predicted octanol–water partition coefficient (Wildman–Crippen LogP) is 7.32. The number of allylic oxidation sites excluding steroid dienone is 3. The number of methoxy groups -OCH3 is 1. The number of carbonyl (C=O) groups is 2. The summed E-state index contributed by atoms with van der Waals surface area (Å²) >= 11 is 0. The van der Waals surface area contributed by atoms with E-state index in [-0.39, 0.29) is 37.1 Å². The fourth-order valence-electron chi connectivity index (χ4n) is 6.38. The van der Waals surface area contributed by atoms with Crippen LogP contribution in [0.25, 0.3) is 11.1 Å². The van der Waals surface area contributed by atoms with Crippen LogP contribution in [0.2, 0.25) is 0 Å². The first-order valence-corrected chi connectivity index (χ1v) is 16.9. The molecule has 1 aromatic carbocycles. The lowest BCUT2D eigenvalue weighted by Gasteiger charge is -2.34. The number of nitrogens with zero attached hydrogens (tertiary/aromatic N) is 3. The van der Waals surface area contributed by atoms with Crippen LogP contribution in [0, 0.1) is 11.7 Å². The minimum atomic E-state index is -5.04. The van der Waals surface area contributed by atoms with E-state index in [2.05, 4.69) is 0 Å². The number of alkyl halides is 6. The minimum Gasteiger partial charge on any atom is -0.496 e. The van der Waals surface area contributed by atoms with Gasteiger partial charge < -0.3 is 19.5 Å². The third-order valence-electron chi connectivity index (χ3n) is 9.33. The number of carbonyl (C=O) groups excluding carboxylic acids is 1. The average molecular weight is 702 g/mol. The van der Waals surface area contributed by atoms with E-state index in [0.717, 1.165) is 31.1 Å². The predicted molar refractivity (Wildman–Crippen MR) is 164 cm³/mol. The summed E-state index contributed by atoms with van der Waals surface area (Å²) in [6.45, 7) is 2.74. The van der Waals surface area contributed by atoms with Gasteiger partial charge in [0.1, 0.15) is 23.2 Å². The number of halogens is 7. The van der Waals surface area contributed by atoms with E-state index in [1.807, 2.05) is 4.90 Å². The topological polar surface area (TPSA) is 92.2 Å². The van der Waals surface area contributed by atoms with Crippen molar-refractivity contribution in [3.05, 3.63) is 64.4 Å². The maximum Gasteiger partial charge on any atom is 0.416 e. The molecule has 0 spiro atoms. The molecule has 1 saturated carbocycles. The molecule has 4 heterocycles. The number of cyclic esters (lactones) is 1. The molecule has 3 aliphatic heterocycles. The Bertz CT molecular complexity index is 1730. The standard InChI is InChI=1S/C32H31F7N3O5P/c1-16-29(48-14-19(31(34,35)36)10-20(15-48)32(37,38)39)47-30(45)42(16)13-25-21(4-5-27(40-25)41-6-3-7-41)23-11-22(24(33)12-26(23)46-2)17-8-18(9-17)28(43)44/h4-5,10-12,14-18,29,48H,3,6-9,13H2,1-2H3,(H,43,44)/t16-,17-,18-,29+/m0/s1. The second-order valence-corrected chi connectivity index (χ2v) is 14.4. The van der Waals surface area contributed by atoms with Crippen molar-refractivity contribution < 1.29 is 54.9 Å². The number of aliphatic carboxylic acids is 1. The summed E-state index contributed by atoms with van der Waals surface area (Å²) < 4.78 is 108. The smallest absolute Gasteiger partial charge is 0.416 e. The average Bonchev–Trinajstić information content (AvgIpc) is 3.23. The van der Waals surface area contributed by atoms with Gasteiger partial charge in [-0.2, -0.15) is 26.3 Å². The number of benzene rings is 1. The van der Waals surface area contributed by atoms with Crippen molar-refractivity contribution >= 4 is 31.2 Å². The van der Waals surface area contributed by atoms with Gasteiger partial charge in [0, 0.05) is 30.3 Å². The molecule has 2 aromatic rings. The van der Waals surface area contributed by atoms with Crippen molar-refractivity contribution in [1.82, 2.24) is 9.88 Å². The van der Waals surface area contributed by atoms with Crippen molar-refractivity contribution in [2.45, 2.75) is 62.9 Å². The highest BCUT2D eigenvalue weighted by atomic mass is 31.1. The fourth-order valence-corrected chi connectivity index (χ4v) is 8.98. The van der Waals surface area contributed by atoms with Crippen molar-refractivity contribution in [3.63, 3.8) is 0 Å². The van der Waals surface area contributed by atoms with Crippen molar-refractivity contribution in [2.75, 3.05) is 25.1 Å². The van der Waals surface area contributed by atoms with E-state index >= 15 is 4.39 Å². The van der Waals surface area contributed by atoms with E-state index < -0.39 is 66.7 Å². The van der Waals surface area contributed by atoms with Crippen LogP contribution in [0.1, 0.15) is 43.4 Å². The molecule has 3 atom stereocenters. The van der Waals surface area contributed by atoms with Gasteiger partial charge >= 0.3 is 24.4 Å². The summed E-state index contributed by atoms with van der Waals surface area (Å²) in [4.78, 5) is 32.6. The van der Waals surface area contributed by atoms with Crippen LogP contribution in [-0.4, -0.2) is 77.3 Å². The number of pyridine rings is 1. The van der Waals surface area contributed by atoms with Crippen LogP contribution in [-0.2, 0) is 16.1 Å². The molecular weight excluding hydrogens is 670 g/mol. The zero-order chi connectivity index (χ0) is 34.7. The van der Waals surface area contributed by atoms with Gasteiger partial charge in [-0.15, -0.1) is 0 Å². The van der Waals surface area contributed by atoms with Gasteiger partial charge in [-0.3, -0.25) is 9.69 Å². The Balaban J connectivity index is 1.36. The summed E-state index contributed by atoms with van der Waals surface area (Å²) in [5.74, 6) is -1.53. The van der Waals surface area contributed by atoms with Gasteiger partial charge in [-0.05, 0) is 73.6 Å². The van der Waals surface area contributed by atoms with Crippen molar-refractivity contribution in [3.8, 4) is 16.9 Å². The molecular formula is C32H31F7N3O5P. The molecule has 1 aliphatic carbocycles. The number of anilines is 1. The van der Waals surface area contributed by atoms with E-state index in [1.165, 1.54) is 25.0 Å². The molecule has 16 heteroatoms. The van der Waals surface area contributed by atoms with E-state index in [0.29, 0.717) is 28.2 Å². The number of aromatic nitrogens is 1. The highest BCUT2D eigenvalue weighted by Crippen LogP contribution is 2.49. The molecule has 6 rings (SSSR count). The van der Waals surface area contributed by atoms with Gasteiger partial charge in [0.05, 0.1) is 42.5 Å². The number of ether oxygens (including phenoxy) is 2. The maximum atomic E-state index is 15.2. The number of carboxylic acid groups (broad SMARTS) is 1. The molecule has 3 fully saturated rings. The molecule has 4 aliphatic rings. The van der Waals surface area contributed by atoms with Crippen LogP contribution in [0.3, 0.4) is 0 Å². The Morgan fingerprint density at radius 1 is 1.08 bits per heavy atom. The lowest BCUT2D eigenvalue weighted by molar-refractivity contribution is -0.145. The van der Waals surface area contributed by atoms with Crippen LogP contribution in [0.15, 0.2) is 47.3 Å². The summed E-state index contributed by atoms with van der Waals surface area (Å²) in [5.41, 5.74) is -1.39. The highest BCUT2D eigenvalue weighted by Gasteiger charge is 2.45. The molecule has 1 aromatic heterocycles. The van der Waals surface area contributed by atoms with Gasteiger partial charge in [-0.25, -0.2) is 14.2 Å². The lowest BCUT2D eigenvalue weighted by atomic mass is 9.71. The fraction of sp³-hybridized carbons (Fsp3) is 0.438. The van der Waals surface area contributed by atoms with E-state index in [1.54, 1.807) is 18.2 Å². The molecule has 1 unspecified atom stereocenters. The Hall–Kier alpha value is -4.00. The van der Waals surface area contributed by atoms with Gasteiger partial charge in [0.15, 0.2) is 0 Å². The number of rotatable bonds is 8. The van der Waals surface area contributed by atoms with Gasteiger partial charge in [0.25, 0.3) is 0 Å². The Morgan fingerprint density at radius 2 is 1.77 bits per heavy atom. The Kier molecular flexibility index (Phi) is 8.80. The molecule has 1 N–H and O–H groups in total. The number of hydrogen-bond acceptors (Lipinski definition) is 6. The summed E-state index contributed by atoms with van der Waals surface area (Å²) in [6, 6.07) is 5.34. The third-order valence-corrected chi connectivity index (χ3v) is 11.9. The molecule has 0 bridgehead atoms. The summed E-state index contributed by atoms with van der Waals surface area (Å²) in [5, 5.41) is 9.32. The van der Waals surface area contributed by atoms with E-state index in [4.69, 9.17) is 14.5 Å². The van der Waals surface area contributed by atoms with Crippen molar-refractivity contribution in [1.29, 1.82) is 0 Å². The Morgan fingerprint density at radius 3 is 2.35 bits per heavy atom. The molecule has 48 heavy (non-hydrogen) atoms. The third kappa shape index (κ3) is 6.40. The zero-order valence-corrected chi connectivity index (χ0v) is 26.7. The first-order chi connectivity index (χ1) is 22.5. The van der Waals surface area contributed by atoms with Gasteiger partial charge in [-0.1, -0.05) is 7.55 Å². The molecule has 1 amide bonds. The molecule has 0 radical (unpaired) electrons. The number of amides is 1. The lowest BCUT2D eigenvalue weighted by Crippen LogP contribution is -2.38. The normalized spacial score (nSPS) is 25.8. The maximum absolute atomic E-state index is 15.2. The molecule has 8 nitrogen and oxygen atoms in total. The number of carboxylic acids is 1. The monoisotopic (exact) mass is 701 g/mol. The minimum absolute atomic E-state index is 0.0562. The second kappa shape index (κ2) is 12.5. The second-order valence-electron chi connectivity index (χ2n) is 12.3. The first kappa shape index (κ1) is 33.9. The highest BCUT2D eigenvalue weighted by molar-refractivity contribution is 7.61. The summed E-state index contributed by atoms with van der Waals surface area (Å²) in [6.07, 6.45) is -9.49. The largest absolute Gasteiger partial charge is 0.496 e. The SMILES string of the molecule is COc1cc(F)c([C@H]2C[C@H](C(=O)O)C2)cc1-c1ccc(N2CCC2)nc1CN1C(=O)O[C@H]([PH]2=CC(C(F)(F)F)=CC(C(F)(F)F)=C2)[C@@H]1C. The summed E-state index contributed by atoms with van der Waals surface area (Å²) in [7, 11) is -1.47. The van der Waals surface area contributed by atoms with Gasteiger partial charge in [0.2, 0.25) is 0 Å². The van der Waals surface area contributed by atoms with Crippen LogP contribution >= 0.6 is 7.55 Å². The zero-order valence-electron chi connectivity index (χ0n) is 25.7. The molecule has 258 valence electrons. The molecule has 2 saturated heterocycles. The number of hydrogen-bond donors (Lipinski definition) is 1. The van der Waals surface area contributed by atoms with E-state index in [9.17, 15) is 41.0 Å². The Labute approximate surface area is 271 Å². The van der Waals surface area contributed by atoms with Crippen LogP contribution < -0.4 is 9.64 Å². The van der Waals surface area contributed by atoms with Crippen molar-refractivity contribution in [2.24, 2.45) is 5.92 Å². The first-order valence-electron chi connectivity index (χ1n) is 15.2. The quantitative estimate of drug-likeness (QED) is 0.228. The van der Waals surface area contributed by atoms with Crippen LogP contribution in [0.4, 0.5) is 41.3 Å². The van der Waals surface area contributed by atoms with Crippen LogP contribution in [0.5, 0.6) is 5.75 Å².